The molecule has 0 radical (unpaired) electrons. The molecule has 0 amide bonds. The van der Waals surface area contributed by atoms with Crippen molar-refractivity contribution in [3.8, 4) is 11.8 Å². The number of methoxy groups -OCH3 is 1. The Morgan fingerprint density at radius 2 is 2.12 bits per heavy atom. The van der Waals surface area contributed by atoms with Gasteiger partial charge < -0.3 is 9.84 Å². The van der Waals surface area contributed by atoms with Crippen LogP contribution in [0.4, 0.5) is 0 Å². The molecule has 88 valence electrons. The molecular formula is C13H13NO3. The van der Waals surface area contributed by atoms with Gasteiger partial charge >= 0.3 is 5.97 Å². The number of hydrogen-bond donors (Lipinski definition) is 1. The minimum absolute atomic E-state index is 0.210. The maximum Gasteiger partial charge on any atom is 0.346 e. The predicted molar refractivity (Wildman–Crippen MR) is 62.6 cm³/mol. The van der Waals surface area contributed by atoms with E-state index in [1.165, 1.54) is 6.08 Å². The number of rotatable bonds is 5. The summed E-state index contributed by atoms with van der Waals surface area (Å²) in [5, 5.41) is 17.2. The van der Waals surface area contributed by atoms with Crippen molar-refractivity contribution in [1.29, 1.82) is 5.26 Å². The second-order valence-corrected chi connectivity index (χ2v) is 3.42. The van der Waals surface area contributed by atoms with E-state index in [-0.39, 0.29) is 5.57 Å². The summed E-state index contributed by atoms with van der Waals surface area (Å²) in [6, 6.07) is 9.18. The summed E-state index contributed by atoms with van der Waals surface area (Å²) in [5.41, 5.74) is 0.864. The Hall–Kier alpha value is -2.28. The van der Waals surface area contributed by atoms with Gasteiger partial charge in [-0.2, -0.15) is 5.26 Å². The molecule has 1 rings (SSSR count). The van der Waals surface area contributed by atoms with E-state index in [1.54, 1.807) is 13.2 Å². The highest BCUT2D eigenvalue weighted by atomic mass is 16.5. The highest BCUT2D eigenvalue weighted by Crippen LogP contribution is 2.13. The van der Waals surface area contributed by atoms with E-state index in [0.717, 1.165) is 11.3 Å². The molecule has 0 unspecified atom stereocenters. The summed E-state index contributed by atoms with van der Waals surface area (Å²) in [7, 11) is 1.60. The summed E-state index contributed by atoms with van der Waals surface area (Å²) in [6.07, 6.45) is 2.66. The third kappa shape index (κ3) is 3.99. The van der Waals surface area contributed by atoms with Gasteiger partial charge in [-0.3, -0.25) is 0 Å². The minimum atomic E-state index is -1.18. The third-order valence-electron chi connectivity index (χ3n) is 2.29. The molecule has 4 heteroatoms. The predicted octanol–water partition coefficient (Wildman–Crippen LogP) is 2.16. The lowest BCUT2D eigenvalue weighted by atomic mass is 10.1. The highest BCUT2D eigenvalue weighted by molar-refractivity contribution is 5.90. The van der Waals surface area contributed by atoms with Crippen LogP contribution in [0.5, 0.6) is 5.75 Å². The zero-order valence-corrected chi connectivity index (χ0v) is 9.51. The van der Waals surface area contributed by atoms with Gasteiger partial charge in [0.25, 0.3) is 0 Å². The summed E-state index contributed by atoms with van der Waals surface area (Å²) in [4.78, 5) is 10.5. The summed E-state index contributed by atoms with van der Waals surface area (Å²) in [6.45, 7) is 0. The van der Waals surface area contributed by atoms with Gasteiger partial charge in [0.15, 0.2) is 0 Å². The van der Waals surface area contributed by atoms with Crippen molar-refractivity contribution in [2.45, 2.75) is 12.8 Å². The molecular weight excluding hydrogens is 218 g/mol. The fourth-order valence-electron chi connectivity index (χ4n) is 1.36. The van der Waals surface area contributed by atoms with Crippen LogP contribution in [-0.4, -0.2) is 18.2 Å². The fraction of sp³-hybridized carbons (Fsp3) is 0.231. The van der Waals surface area contributed by atoms with Crippen LogP contribution in [0.3, 0.4) is 0 Å². The monoisotopic (exact) mass is 231 g/mol. The van der Waals surface area contributed by atoms with E-state index in [9.17, 15) is 4.79 Å². The first-order valence-electron chi connectivity index (χ1n) is 5.14. The number of aliphatic carboxylic acids is 1. The molecule has 0 fully saturated rings. The van der Waals surface area contributed by atoms with E-state index < -0.39 is 5.97 Å². The van der Waals surface area contributed by atoms with Gasteiger partial charge in [-0.15, -0.1) is 0 Å². The van der Waals surface area contributed by atoms with E-state index in [4.69, 9.17) is 15.1 Å². The number of nitriles is 1. The number of nitrogens with zero attached hydrogens (tertiary/aromatic N) is 1. The third-order valence-corrected chi connectivity index (χ3v) is 2.29. The molecule has 0 heterocycles. The maximum absolute atomic E-state index is 10.5. The van der Waals surface area contributed by atoms with Crippen LogP contribution in [0.25, 0.3) is 0 Å². The smallest absolute Gasteiger partial charge is 0.346 e. The molecule has 0 atom stereocenters. The van der Waals surface area contributed by atoms with Gasteiger partial charge in [0, 0.05) is 0 Å². The van der Waals surface area contributed by atoms with Crippen molar-refractivity contribution in [1.82, 2.24) is 0 Å². The molecule has 0 aliphatic heterocycles. The van der Waals surface area contributed by atoms with Crippen LogP contribution in [-0.2, 0) is 11.2 Å². The van der Waals surface area contributed by atoms with E-state index >= 15 is 0 Å². The first kappa shape index (κ1) is 12.8. The van der Waals surface area contributed by atoms with E-state index in [2.05, 4.69) is 0 Å². The fourth-order valence-corrected chi connectivity index (χ4v) is 1.36. The number of ether oxygens (including phenoxy) is 1. The first-order chi connectivity index (χ1) is 8.17. The van der Waals surface area contributed by atoms with Crippen molar-refractivity contribution in [2.75, 3.05) is 7.11 Å². The quantitative estimate of drug-likeness (QED) is 0.622. The van der Waals surface area contributed by atoms with E-state index in [1.807, 2.05) is 24.3 Å². The minimum Gasteiger partial charge on any atom is -0.497 e. The zero-order chi connectivity index (χ0) is 12.7. The molecule has 0 aliphatic carbocycles. The maximum atomic E-state index is 10.5. The number of allylic oxidation sites excluding steroid dienone is 1. The Kier molecular flexibility index (Phi) is 4.77. The highest BCUT2D eigenvalue weighted by Gasteiger charge is 2.04. The normalized spacial score (nSPS) is 10.7. The number of carboxylic acid groups (broad SMARTS) is 1. The number of carbonyl (C=O) groups is 1. The van der Waals surface area contributed by atoms with Crippen molar-refractivity contribution >= 4 is 5.97 Å². The molecule has 1 N–H and O–H groups in total. The Morgan fingerprint density at radius 1 is 1.47 bits per heavy atom. The number of hydrogen-bond acceptors (Lipinski definition) is 3. The summed E-state index contributed by atoms with van der Waals surface area (Å²) in [5.74, 6) is -0.394. The van der Waals surface area contributed by atoms with Crippen LogP contribution in [0.2, 0.25) is 0 Å². The van der Waals surface area contributed by atoms with Crippen molar-refractivity contribution in [2.24, 2.45) is 0 Å². The molecule has 0 saturated heterocycles. The Balaban J connectivity index is 2.56. The van der Waals surface area contributed by atoms with Crippen LogP contribution >= 0.6 is 0 Å². The Morgan fingerprint density at radius 3 is 2.59 bits per heavy atom. The van der Waals surface area contributed by atoms with Crippen LogP contribution in [0.1, 0.15) is 12.0 Å². The van der Waals surface area contributed by atoms with Gasteiger partial charge in [-0.25, -0.2) is 4.79 Å². The molecule has 0 saturated carbocycles. The lowest BCUT2D eigenvalue weighted by molar-refractivity contribution is -0.132. The summed E-state index contributed by atoms with van der Waals surface area (Å²) < 4.78 is 5.03. The molecule has 0 aliphatic rings. The Bertz CT molecular complexity index is 455. The largest absolute Gasteiger partial charge is 0.497 e. The van der Waals surface area contributed by atoms with Gasteiger partial charge in [0.2, 0.25) is 0 Å². The van der Waals surface area contributed by atoms with Crippen molar-refractivity contribution in [3.63, 3.8) is 0 Å². The second kappa shape index (κ2) is 6.33. The van der Waals surface area contributed by atoms with Crippen LogP contribution < -0.4 is 4.74 Å². The van der Waals surface area contributed by atoms with Crippen LogP contribution in [0, 0.1) is 11.3 Å². The molecule has 1 aromatic carbocycles. The molecule has 17 heavy (non-hydrogen) atoms. The molecule has 1 aromatic rings. The SMILES string of the molecule is COc1ccc(CCC=C(C#N)C(=O)O)cc1. The number of carboxylic acids is 1. The molecule has 4 nitrogen and oxygen atoms in total. The lowest BCUT2D eigenvalue weighted by Crippen LogP contribution is -1.98. The average Bonchev–Trinajstić information content (AvgIpc) is 2.35. The standard InChI is InChI=1S/C13H13NO3/c1-17-12-7-5-10(6-8-12)3-2-4-11(9-14)13(15)16/h4-8H,2-3H2,1H3,(H,15,16). The second-order valence-electron chi connectivity index (χ2n) is 3.42. The number of benzene rings is 1. The molecule has 0 bridgehead atoms. The first-order valence-corrected chi connectivity index (χ1v) is 5.14. The van der Waals surface area contributed by atoms with Crippen molar-refractivity contribution < 1.29 is 14.6 Å². The van der Waals surface area contributed by atoms with Gasteiger partial charge in [-0.1, -0.05) is 18.2 Å². The summed E-state index contributed by atoms with van der Waals surface area (Å²) >= 11 is 0. The lowest BCUT2D eigenvalue weighted by Gasteiger charge is -2.01. The topological polar surface area (TPSA) is 70.3 Å². The Labute approximate surface area is 99.8 Å². The molecule has 0 aromatic heterocycles. The van der Waals surface area contributed by atoms with Crippen molar-refractivity contribution in [3.05, 3.63) is 41.5 Å². The van der Waals surface area contributed by atoms with E-state index in [0.29, 0.717) is 12.8 Å². The zero-order valence-electron chi connectivity index (χ0n) is 9.51. The van der Waals surface area contributed by atoms with Gasteiger partial charge in [0.1, 0.15) is 17.4 Å². The molecule has 0 spiro atoms. The average molecular weight is 231 g/mol. The van der Waals surface area contributed by atoms with Gasteiger partial charge in [-0.05, 0) is 30.5 Å². The number of aryl methyl sites for hydroxylation is 1. The van der Waals surface area contributed by atoms with Crippen LogP contribution in [0.15, 0.2) is 35.9 Å². The van der Waals surface area contributed by atoms with Gasteiger partial charge in [0.05, 0.1) is 7.11 Å².